The monoisotopic (exact) mass is 548 g/mol. The van der Waals surface area contributed by atoms with E-state index in [9.17, 15) is 18.1 Å². The van der Waals surface area contributed by atoms with E-state index in [0.29, 0.717) is 11.1 Å². The minimum Gasteiger partial charge on any atom is -0.507 e. The van der Waals surface area contributed by atoms with Crippen LogP contribution in [0, 0.1) is 0 Å². The van der Waals surface area contributed by atoms with Gasteiger partial charge in [-0.05, 0) is 46.8 Å². The van der Waals surface area contributed by atoms with Gasteiger partial charge in [0.25, 0.3) is 10.1 Å². The molecule has 4 aromatic rings. The maximum Gasteiger partial charge on any atom is 0.294 e. The number of hydrogen-bond acceptors (Lipinski definition) is 3. The number of rotatable bonds is 4. The molecule has 0 heterocycles. The van der Waals surface area contributed by atoms with Gasteiger partial charge in [0.15, 0.2) is 0 Å². The fraction of sp³-hybridized carbons (Fsp3) is 0.250. The summed E-state index contributed by atoms with van der Waals surface area (Å²) in [5.41, 5.74) is 0.162. The Morgan fingerprint density at radius 2 is 0.868 bits per heavy atom. The molecule has 200 valence electrons. The van der Waals surface area contributed by atoms with E-state index in [1.165, 1.54) is 28.0 Å². The molecule has 0 fully saturated rings. The van der Waals surface area contributed by atoms with E-state index in [2.05, 4.69) is 91.0 Å². The van der Waals surface area contributed by atoms with Crippen LogP contribution in [0.3, 0.4) is 0 Å². The Labute approximate surface area is 228 Å². The Bertz CT molecular complexity index is 1310. The van der Waals surface area contributed by atoms with Crippen molar-refractivity contribution in [2.24, 2.45) is 0 Å². The van der Waals surface area contributed by atoms with E-state index >= 15 is 0 Å². The topological polar surface area (TPSA) is 74.6 Å². The third kappa shape index (κ3) is 7.54. The summed E-state index contributed by atoms with van der Waals surface area (Å²) < 4.78 is 32.0. The highest BCUT2D eigenvalue weighted by atomic mass is 32.2. The summed E-state index contributed by atoms with van der Waals surface area (Å²) in [5, 5.41) is 14.6. The Kier molecular flexibility index (Phi) is 9.20. The summed E-state index contributed by atoms with van der Waals surface area (Å²) in [5.74, 6) is 0.0902. The summed E-state index contributed by atoms with van der Waals surface area (Å²) in [7, 11) is -4.74. The van der Waals surface area contributed by atoms with Crippen molar-refractivity contribution in [3.8, 4) is 5.75 Å². The van der Waals surface area contributed by atoms with Crippen LogP contribution >= 0.6 is 7.92 Å². The second kappa shape index (κ2) is 11.8. The molecule has 0 aromatic heterocycles. The van der Waals surface area contributed by atoms with Gasteiger partial charge >= 0.3 is 0 Å². The minimum atomic E-state index is -4.30. The summed E-state index contributed by atoms with van der Waals surface area (Å²) in [6.45, 7) is 11.3. The number of hydrogen-bond donors (Lipinski definition) is 2. The lowest BCUT2D eigenvalue weighted by atomic mass is 9.79. The lowest BCUT2D eigenvalue weighted by Crippen LogP contribution is -2.20. The predicted molar refractivity (Wildman–Crippen MR) is 160 cm³/mol. The van der Waals surface area contributed by atoms with Gasteiger partial charge in [-0.2, -0.15) is 8.42 Å². The van der Waals surface area contributed by atoms with Crippen LogP contribution in [0.5, 0.6) is 5.75 Å². The van der Waals surface area contributed by atoms with Gasteiger partial charge in [-0.15, -0.1) is 0 Å². The van der Waals surface area contributed by atoms with E-state index in [0.717, 1.165) is 0 Å². The summed E-state index contributed by atoms with van der Waals surface area (Å²) >= 11 is 0. The molecule has 0 aliphatic carbocycles. The van der Waals surface area contributed by atoms with Crippen molar-refractivity contribution in [1.29, 1.82) is 0 Å². The average molecular weight is 549 g/mol. The van der Waals surface area contributed by atoms with Gasteiger partial charge in [-0.1, -0.05) is 133 Å². The molecule has 0 saturated heterocycles. The fourth-order valence-corrected chi connectivity index (χ4v) is 6.92. The van der Waals surface area contributed by atoms with Crippen LogP contribution in [-0.4, -0.2) is 18.1 Å². The highest BCUT2D eigenvalue weighted by molar-refractivity contribution is 7.85. The maximum absolute atomic E-state index is 11.4. The van der Waals surface area contributed by atoms with Gasteiger partial charge in [0, 0.05) is 11.1 Å². The smallest absolute Gasteiger partial charge is 0.294 e. The van der Waals surface area contributed by atoms with Crippen LogP contribution in [0.4, 0.5) is 0 Å². The zero-order valence-electron chi connectivity index (χ0n) is 22.9. The minimum absolute atomic E-state index is 0.0902. The standard InChI is InChI=1S/C18H15P.C14H22O4S/c1-4-10-16(11-5-1)19(17-12-6-2-7-13-17)18-14-8-3-9-15-18;1-13(2,3)10-7-9(19(16,17)18)8-11(12(10)15)14(4,5)6/h1-15H;7-8,15H,1-6H3,(H,16,17,18). The SMILES string of the molecule is CC(C)(C)c1cc(S(=O)(=O)O)cc(C(C)(C)C)c1O.c1ccc(P(c2ccccc2)c2ccccc2)cc1. The van der Waals surface area contributed by atoms with Gasteiger partial charge in [-0.3, -0.25) is 4.55 Å². The molecule has 4 rings (SSSR count). The van der Waals surface area contributed by atoms with Crippen molar-refractivity contribution < 1.29 is 18.1 Å². The van der Waals surface area contributed by atoms with E-state index in [4.69, 9.17) is 0 Å². The lowest BCUT2D eigenvalue weighted by molar-refractivity contribution is 0.421. The third-order valence-corrected chi connectivity index (χ3v) is 9.32. The normalized spacial score (nSPS) is 12.1. The quantitative estimate of drug-likeness (QED) is 0.220. The molecule has 0 unspecified atom stereocenters. The van der Waals surface area contributed by atoms with Crippen LogP contribution < -0.4 is 15.9 Å². The predicted octanol–water partition coefficient (Wildman–Crippen LogP) is 6.68. The number of phenolic OH excluding ortho intramolecular Hbond substituents is 1. The van der Waals surface area contributed by atoms with Gasteiger partial charge in [-0.25, -0.2) is 0 Å². The van der Waals surface area contributed by atoms with Gasteiger partial charge in [0.1, 0.15) is 5.75 Å². The van der Waals surface area contributed by atoms with E-state index < -0.39 is 28.9 Å². The zero-order valence-corrected chi connectivity index (χ0v) is 24.6. The number of phenols is 1. The van der Waals surface area contributed by atoms with Crippen LogP contribution in [0.2, 0.25) is 0 Å². The van der Waals surface area contributed by atoms with Crippen molar-refractivity contribution in [3.63, 3.8) is 0 Å². The molecule has 38 heavy (non-hydrogen) atoms. The molecule has 0 atom stereocenters. The molecule has 2 N–H and O–H groups in total. The molecule has 4 aromatic carbocycles. The first kappa shape index (κ1) is 29.6. The molecule has 0 amide bonds. The van der Waals surface area contributed by atoms with Crippen molar-refractivity contribution in [3.05, 3.63) is 114 Å². The van der Waals surface area contributed by atoms with Gasteiger partial charge < -0.3 is 5.11 Å². The largest absolute Gasteiger partial charge is 0.507 e. The summed E-state index contributed by atoms with van der Waals surface area (Å²) in [6.07, 6.45) is 0. The average Bonchev–Trinajstić information content (AvgIpc) is 2.85. The molecule has 0 spiro atoms. The van der Waals surface area contributed by atoms with Crippen molar-refractivity contribution in [2.75, 3.05) is 0 Å². The van der Waals surface area contributed by atoms with Crippen LogP contribution in [0.25, 0.3) is 0 Å². The van der Waals surface area contributed by atoms with Crippen molar-refractivity contribution in [1.82, 2.24) is 0 Å². The van der Waals surface area contributed by atoms with Crippen LogP contribution in [0.15, 0.2) is 108 Å². The Morgan fingerprint density at radius 3 is 1.11 bits per heavy atom. The second-order valence-electron chi connectivity index (χ2n) is 11.2. The highest BCUT2D eigenvalue weighted by Gasteiger charge is 2.28. The summed E-state index contributed by atoms with van der Waals surface area (Å²) in [4.78, 5) is -0.180. The van der Waals surface area contributed by atoms with Crippen LogP contribution in [-0.2, 0) is 20.9 Å². The van der Waals surface area contributed by atoms with Crippen molar-refractivity contribution in [2.45, 2.75) is 57.3 Å². The molecular weight excluding hydrogens is 511 g/mol. The molecule has 0 saturated carbocycles. The van der Waals surface area contributed by atoms with Gasteiger partial charge in [0.05, 0.1) is 4.90 Å². The number of aromatic hydroxyl groups is 1. The lowest BCUT2D eigenvalue weighted by Gasteiger charge is -2.27. The molecule has 0 bridgehead atoms. The zero-order chi connectivity index (χ0) is 28.1. The first-order chi connectivity index (χ1) is 17.7. The highest BCUT2D eigenvalue weighted by Crippen LogP contribution is 2.40. The molecule has 0 aliphatic heterocycles. The van der Waals surface area contributed by atoms with Gasteiger partial charge in [0.2, 0.25) is 0 Å². The van der Waals surface area contributed by atoms with E-state index in [1.54, 1.807) is 0 Å². The Hall–Kier alpha value is -2.98. The second-order valence-corrected chi connectivity index (χ2v) is 14.8. The Balaban J connectivity index is 0.000000211. The first-order valence-electron chi connectivity index (χ1n) is 12.5. The first-order valence-corrected chi connectivity index (χ1v) is 15.3. The fourth-order valence-electron chi connectivity index (χ4n) is 4.08. The molecule has 4 nitrogen and oxygen atoms in total. The molecule has 6 heteroatoms. The Morgan fingerprint density at radius 1 is 0.579 bits per heavy atom. The van der Waals surface area contributed by atoms with E-state index in [1.807, 2.05) is 41.5 Å². The molecular formula is C32H37O4PS. The number of benzene rings is 4. The third-order valence-electron chi connectivity index (χ3n) is 6.04. The molecule has 0 aliphatic rings. The van der Waals surface area contributed by atoms with E-state index in [-0.39, 0.29) is 10.6 Å². The summed E-state index contributed by atoms with van der Waals surface area (Å²) in [6, 6.07) is 35.0. The maximum atomic E-state index is 11.4. The molecule has 0 radical (unpaired) electrons. The van der Waals surface area contributed by atoms with Crippen molar-refractivity contribution >= 4 is 34.0 Å². The van der Waals surface area contributed by atoms with Crippen LogP contribution in [0.1, 0.15) is 52.7 Å².